The van der Waals surface area contributed by atoms with E-state index in [9.17, 15) is 9.59 Å². The molecule has 1 saturated heterocycles. The summed E-state index contributed by atoms with van der Waals surface area (Å²) >= 11 is 0. The van der Waals surface area contributed by atoms with E-state index in [-0.39, 0.29) is 23.8 Å². The van der Waals surface area contributed by atoms with Crippen molar-refractivity contribution in [2.75, 3.05) is 26.2 Å². The minimum absolute atomic E-state index is 0.0514. The molecule has 4 bridgehead atoms. The molecule has 1 heterocycles. The van der Waals surface area contributed by atoms with Crippen molar-refractivity contribution in [3.05, 3.63) is 0 Å². The second-order valence-electron chi connectivity index (χ2n) is 9.39. The Morgan fingerprint density at radius 1 is 0.960 bits per heavy atom. The summed E-state index contributed by atoms with van der Waals surface area (Å²) in [6.07, 6.45) is 10.9. The molecule has 4 aliphatic carbocycles. The van der Waals surface area contributed by atoms with Crippen LogP contribution in [0.5, 0.6) is 0 Å². The van der Waals surface area contributed by atoms with Gasteiger partial charge in [-0.2, -0.15) is 0 Å². The zero-order valence-corrected chi connectivity index (χ0v) is 15.3. The Hall–Kier alpha value is -1.10. The van der Waals surface area contributed by atoms with E-state index in [1.54, 1.807) is 0 Å². The van der Waals surface area contributed by atoms with E-state index >= 15 is 0 Å². The van der Waals surface area contributed by atoms with Crippen LogP contribution < -0.4 is 16.0 Å². The highest BCUT2D eigenvalue weighted by molar-refractivity contribution is 5.84. The van der Waals surface area contributed by atoms with Crippen LogP contribution in [0.3, 0.4) is 0 Å². The molecular formula is C20H33N3O2. The van der Waals surface area contributed by atoms with Crippen LogP contribution >= 0.6 is 0 Å². The summed E-state index contributed by atoms with van der Waals surface area (Å²) in [5.74, 6) is 3.16. The molecule has 5 nitrogen and oxygen atoms in total. The molecule has 0 aromatic rings. The van der Waals surface area contributed by atoms with Crippen molar-refractivity contribution < 1.29 is 9.59 Å². The smallest absolute Gasteiger partial charge is 0.239 e. The van der Waals surface area contributed by atoms with Gasteiger partial charge < -0.3 is 16.0 Å². The first-order valence-electron chi connectivity index (χ1n) is 10.3. The van der Waals surface area contributed by atoms with Crippen LogP contribution in [-0.2, 0) is 9.59 Å². The van der Waals surface area contributed by atoms with Crippen LogP contribution in [0.25, 0.3) is 0 Å². The predicted molar refractivity (Wildman–Crippen MR) is 96.8 cm³/mol. The maximum atomic E-state index is 12.4. The van der Waals surface area contributed by atoms with Crippen molar-refractivity contribution in [3.8, 4) is 0 Å². The van der Waals surface area contributed by atoms with Gasteiger partial charge in [-0.3, -0.25) is 9.59 Å². The van der Waals surface area contributed by atoms with Crippen LogP contribution in [0, 0.1) is 29.1 Å². The highest BCUT2D eigenvalue weighted by Crippen LogP contribution is 2.61. The second kappa shape index (κ2) is 7.26. The summed E-state index contributed by atoms with van der Waals surface area (Å²) in [7, 11) is 0. The molecule has 0 spiro atoms. The van der Waals surface area contributed by atoms with Crippen LogP contribution in [0.15, 0.2) is 0 Å². The summed E-state index contributed by atoms with van der Waals surface area (Å²) in [5, 5.41) is 9.21. The molecule has 3 N–H and O–H groups in total. The molecule has 1 aliphatic heterocycles. The fourth-order valence-electron chi connectivity index (χ4n) is 6.51. The molecule has 0 aromatic heterocycles. The van der Waals surface area contributed by atoms with Crippen molar-refractivity contribution >= 4 is 11.8 Å². The lowest BCUT2D eigenvalue weighted by Gasteiger charge is -2.56. The fourth-order valence-corrected chi connectivity index (χ4v) is 6.51. The molecule has 1 atom stereocenters. The Kier molecular flexibility index (Phi) is 5.03. The molecule has 140 valence electrons. The lowest BCUT2D eigenvalue weighted by Crippen LogP contribution is -2.48. The van der Waals surface area contributed by atoms with Crippen LogP contribution in [-0.4, -0.2) is 38.0 Å². The minimum atomic E-state index is -0.0514. The average molecular weight is 348 g/mol. The van der Waals surface area contributed by atoms with Crippen LogP contribution in [0.1, 0.15) is 57.8 Å². The third-order valence-corrected chi connectivity index (χ3v) is 7.13. The SMILES string of the molecule is O=C(CNC(=O)CC12CC3CC(CC(C3)C1)C2)NCC1CCCNC1. The quantitative estimate of drug-likeness (QED) is 0.686. The Morgan fingerprint density at radius 3 is 2.24 bits per heavy atom. The predicted octanol–water partition coefficient (Wildman–Crippen LogP) is 1.82. The molecule has 25 heavy (non-hydrogen) atoms. The van der Waals surface area contributed by atoms with Gasteiger partial charge in [0.25, 0.3) is 0 Å². The van der Waals surface area contributed by atoms with Crippen molar-refractivity contribution in [3.63, 3.8) is 0 Å². The summed E-state index contributed by atoms with van der Waals surface area (Å²) in [6.45, 7) is 2.92. The van der Waals surface area contributed by atoms with E-state index in [1.165, 1.54) is 51.4 Å². The van der Waals surface area contributed by atoms with E-state index in [0.717, 1.165) is 37.4 Å². The zero-order valence-electron chi connectivity index (χ0n) is 15.3. The monoisotopic (exact) mass is 347 g/mol. The number of carbonyl (C=O) groups excluding carboxylic acids is 2. The molecule has 4 saturated carbocycles. The van der Waals surface area contributed by atoms with Crippen molar-refractivity contribution in [1.82, 2.24) is 16.0 Å². The van der Waals surface area contributed by atoms with E-state index in [4.69, 9.17) is 0 Å². The minimum Gasteiger partial charge on any atom is -0.354 e. The Labute approximate surface area is 151 Å². The fraction of sp³-hybridized carbons (Fsp3) is 0.900. The highest BCUT2D eigenvalue weighted by atomic mass is 16.2. The van der Waals surface area contributed by atoms with Gasteiger partial charge in [-0.25, -0.2) is 0 Å². The number of amides is 2. The normalized spacial score (nSPS) is 39.2. The molecular weight excluding hydrogens is 314 g/mol. The first-order valence-corrected chi connectivity index (χ1v) is 10.3. The summed E-state index contributed by atoms with van der Waals surface area (Å²) < 4.78 is 0. The number of nitrogens with one attached hydrogen (secondary N) is 3. The van der Waals surface area contributed by atoms with E-state index in [0.29, 0.717) is 12.3 Å². The molecule has 5 heteroatoms. The number of piperidine rings is 1. The summed E-state index contributed by atoms with van der Waals surface area (Å²) in [4.78, 5) is 24.4. The van der Waals surface area contributed by atoms with E-state index < -0.39 is 0 Å². The summed E-state index contributed by atoms with van der Waals surface area (Å²) in [6, 6.07) is 0. The second-order valence-corrected chi connectivity index (χ2v) is 9.39. The van der Waals surface area contributed by atoms with Gasteiger partial charge in [0.1, 0.15) is 0 Å². The Bertz CT molecular complexity index is 478. The topological polar surface area (TPSA) is 70.2 Å². The average Bonchev–Trinajstić information content (AvgIpc) is 2.57. The number of hydrogen-bond acceptors (Lipinski definition) is 3. The number of hydrogen-bond donors (Lipinski definition) is 3. The van der Waals surface area contributed by atoms with Crippen molar-refractivity contribution in [1.29, 1.82) is 0 Å². The van der Waals surface area contributed by atoms with Gasteiger partial charge in [-0.1, -0.05) is 0 Å². The lowest BCUT2D eigenvalue weighted by atomic mass is 9.49. The largest absolute Gasteiger partial charge is 0.354 e. The maximum absolute atomic E-state index is 12.4. The molecule has 2 amide bonds. The van der Waals surface area contributed by atoms with Gasteiger partial charge in [0.2, 0.25) is 11.8 Å². The highest BCUT2D eigenvalue weighted by Gasteiger charge is 2.51. The van der Waals surface area contributed by atoms with Gasteiger partial charge in [-0.05, 0) is 93.5 Å². The number of carbonyl (C=O) groups is 2. The Morgan fingerprint density at radius 2 is 1.64 bits per heavy atom. The van der Waals surface area contributed by atoms with Gasteiger partial charge in [-0.15, -0.1) is 0 Å². The van der Waals surface area contributed by atoms with Gasteiger partial charge in [0.15, 0.2) is 0 Å². The molecule has 5 rings (SSSR count). The lowest BCUT2D eigenvalue weighted by molar-refractivity contribution is -0.132. The zero-order chi connectivity index (χ0) is 17.3. The van der Waals surface area contributed by atoms with E-state index in [2.05, 4.69) is 16.0 Å². The summed E-state index contributed by atoms with van der Waals surface area (Å²) in [5.41, 5.74) is 0.253. The van der Waals surface area contributed by atoms with E-state index in [1.807, 2.05) is 0 Å². The third-order valence-electron chi connectivity index (χ3n) is 7.13. The molecule has 0 aromatic carbocycles. The van der Waals surface area contributed by atoms with Crippen LogP contribution in [0.4, 0.5) is 0 Å². The van der Waals surface area contributed by atoms with Crippen LogP contribution in [0.2, 0.25) is 0 Å². The van der Waals surface area contributed by atoms with Crippen molar-refractivity contribution in [2.24, 2.45) is 29.1 Å². The van der Waals surface area contributed by atoms with Crippen molar-refractivity contribution in [2.45, 2.75) is 57.8 Å². The molecule has 1 unspecified atom stereocenters. The third kappa shape index (κ3) is 4.18. The maximum Gasteiger partial charge on any atom is 0.239 e. The number of rotatable bonds is 6. The first-order chi connectivity index (χ1) is 12.1. The molecule has 0 radical (unpaired) electrons. The van der Waals surface area contributed by atoms with Gasteiger partial charge in [0.05, 0.1) is 6.54 Å². The van der Waals surface area contributed by atoms with Gasteiger partial charge >= 0.3 is 0 Å². The van der Waals surface area contributed by atoms with Gasteiger partial charge in [0, 0.05) is 13.0 Å². The Balaban J connectivity index is 1.18. The molecule has 5 aliphatic rings. The first kappa shape index (κ1) is 17.3. The standard InChI is InChI=1S/C20H33N3O2/c24-18(23-13-19(25)22-12-14-2-1-3-21-11-14)10-20-7-15-4-16(8-20)6-17(5-15)9-20/h14-17,21H,1-13H2,(H,22,25)(H,23,24). The molecule has 5 fully saturated rings.